The summed E-state index contributed by atoms with van der Waals surface area (Å²) in [5.74, 6) is 0.173. The highest BCUT2D eigenvalue weighted by molar-refractivity contribution is 8.01. The van der Waals surface area contributed by atoms with Gasteiger partial charge in [0.2, 0.25) is 15.9 Å². The lowest BCUT2D eigenvalue weighted by Crippen LogP contribution is -2.14. The zero-order valence-electron chi connectivity index (χ0n) is 13.9. The number of hydrogen-bond acceptors (Lipinski definition) is 6. The fraction of sp³-hybridized carbons (Fsp3) is 0.176. The number of anilines is 2. The summed E-state index contributed by atoms with van der Waals surface area (Å²) in [6.45, 7) is 1.59. The van der Waals surface area contributed by atoms with Crippen molar-refractivity contribution >= 4 is 60.6 Å². The number of thiazole rings is 1. The summed E-state index contributed by atoms with van der Waals surface area (Å²) in [6, 6.07) is 14.5. The first-order chi connectivity index (χ1) is 12.4. The average molecular weight is 408 g/mol. The van der Waals surface area contributed by atoms with Gasteiger partial charge in [-0.15, -0.1) is 11.3 Å². The van der Waals surface area contributed by atoms with Gasteiger partial charge < -0.3 is 5.32 Å². The molecule has 9 heteroatoms. The second-order valence-electron chi connectivity index (χ2n) is 5.37. The molecule has 1 heterocycles. The molecule has 0 bridgehead atoms. The molecule has 0 aliphatic carbocycles. The van der Waals surface area contributed by atoms with Crippen LogP contribution >= 0.6 is 23.1 Å². The number of aromatic nitrogens is 1. The first-order valence-electron chi connectivity index (χ1n) is 7.84. The molecule has 0 atom stereocenters. The second-order valence-corrected chi connectivity index (χ2v) is 9.63. The molecule has 0 saturated heterocycles. The normalized spacial score (nSPS) is 11.4. The van der Waals surface area contributed by atoms with E-state index in [9.17, 15) is 13.2 Å². The Labute approximate surface area is 160 Å². The van der Waals surface area contributed by atoms with Crippen LogP contribution in [0.15, 0.2) is 52.9 Å². The second kappa shape index (κ2) is 8.07. The van der Waals surface area contributed by atoms with Crippen LogP contribution in [0.1, 0.15) is 6.92 Å². The Morgan fingerprint density at radius 3 is 2.65 bits per heavy atom. The molecule has 0 fully saturated rings. The number of nitrogens with one attached hydrogen (secondary N) is 2. The monoisotopic (exact) mass is 407 g/mol. The van der Waals surface area contributed by atoms with Gasteiger partial charge in [0.25, 0.3) is 0 Å². The van der Waals surface area contributed by atoms with Gasteiger partial charge >= 0.3 is 0 Å². The van der Waals surface area contributed by atoms with Gasteiger partial charge in [0.15, 0.2) is 4.34 Å². The molecule has 1 aromatic heterocycles. The summed E-state index contributed by atoms with van der Waals surface area (Å²) in [6.07, 6.45) is 0. The number of carbonyl (C=O) groups excluding carboxylic acids is 1. The maximum absolute atomic E-state index is 12.0. The van der Waals surface area contributed by atoms with Crippen LogP contribution in [0.3, 0.4) is 0 Å². The van der Waals surface area contributed by atoms with Crippen LogP contribution in [-0.4, -0.2) is 30.8 Å². The minimum absolute atomic E-state index is 0.0192. The Balaban J connectivity index is 1.64. The third kappa shape index (κ3) is 4.96. The molecule has 0 aliphatic rings. The Kier molecular flexibility index (Phi) is 5.80. The first-order valence-corrected chi connectivity index (χ1v) is 11.3. The highest BCUT2D eigenvalue weighted by Crippen LogP contribution is 2.31. The van der Waals surface area contributed by atoms with Gasteiger partial charge in [-0.1, -0.05) is 30.0 Å². The Bertz CT molecular complexity index is 1020. The minimum Gasteiger partial charge on any atom is -0.325 e. The van der Waals surface area contributed by atoms with Gasteiger partial charge in [-0.3, -0.25) is 9.52 Å². The minimum atomic E-state index is -3.31. The number of amides is 1. The Morgan fingerprint density at radius 1 is 1.15 bits per heavy atom. The van der Waals surface area contributed by atoms with Crippen molar-refractivity contribution < 1.29 is 13.2 Å². The van der Waals surface area contributed by atoms with Gasteiger partial charge in [-0.25, -0.2) is 13.4 Å². The number of fused-ring (bicyclic) bond motifs is 1. The fourth-order valence-corrected chi connectivity index (χ4v) is 4.66. The highest BCUT2D eigenvalue weighted by atomic mass is 32.2. The molecule has 6 nitrogen and oxygen atoms in total. The molecular formula is C17H17N3O3S3. The van der Waals surface area contributed by atoms with E-state index in [4.69, 9.17) is 0 Å². The average Bonchev–Trinajstić information content (AvgIpc) is 3.03. The maximum atomic E-state index is 12.0. The van der Waals surface area contributed by atoms with Gasteiger partial charge in [-0.05, 0) is 37.3 Å². The summed E-state index contributed by atoms with van der Waals surface area (Å²) in [5.41, 5.74) is 2.05. The molecule has 136 valence electrons. The lowest BCUT2D eigenvalue weighted by molar-refractivity contribution is -0.113. The van der Waals surface area contributed by atoms with Crippen molar-refractivity contribution in [2.24, 2.45) is 0 Å². The van der Waals surface area contributed by atoms with Crippen LogP contribution in [-0.2, 0) is 14.8 Å². The Morgan fingerprint density at radius 2 is 1.92 bits per heavy atom. The van der Waals surface area contributed by atoms with Crippen LogP contribution in [0, 0.1) is 0 Å². The maximum Gasteiger partial charge on any atom is 0.234 e. The van der Waals surface area contributed by atoms with E-state index in [1.165, 1.54) is 23.1 Å². The largest absolute Gasteiger partial charge is 0.325 e. The van der Waals surface area contributed by atoms with Crippen LogP contribution in [0.5, 0.6) is 0 Å². The summed E-state index contributed by atoms with van der Waals surface area (Å²) in [4.78, 5) is 16.5. The number of thioether (sulfide) groups is 1. The number of benzene rings is 2. The number of sulfonamides is 1. The molecule has 0 saturated carbocycles. The van der Waals surface area contributed by atoms with Crippen molar-refractivity contribution in [3.63, 3.8) is 0 Å². The summed E-state index contributed by atoms with van der Waals surface area (Å²) in [7, 11) is -3.31. The first kappa shape index (κ1) is 18.7. The third-order valence-electron chi connectivity index (χ3n) is 3.41. The number of rotatable bonds is 7. The van der Waals surface area contributed by atoms with E-state index in [2.05, 4.69) is 15.0 Å². The summed E-state index contributed by atoms with van der Waals surface area (Å²) >= 11 is 2.78. The van der Waals surface area contributed by atoms with Crippen LogP contribution in [0.4, 0.5) is 11.4 Å². The molecule has 1 amide bonds. The quantitative estimate of drug-likeness (QED) is 0.582. The van der Waals surface area contributed by atoms with E-state index in [0.717, 1.165) is 20.2 Å². The topological polar surface area (TPSA) is 88.2 Å². The van der Waals surface area contributed by atoms with Gasteiger partial charge in [0, 0.05) is 5.69 Å². The van der Waals surface area contributed by atoms with Crippen molar-refractivity contribution in [3.05, 3.63) is 48.5 Å². The van der Waals surface area contributed by atoms with Crippen LogP contribution in [0.2, 0.25) is 0 Å². The van der Waals surface area contributed by atoms with E-state index < -0.39 is 10.0 Å². The summed E-state index contributed by atoms with van der Waals surface area (Å²) < 4.78 is 27.5. The van der Waals surface area contributed by atoms with Crippen molar-refractivity contribution in [1.29, 1.82) is 0 Å². The van der Waals surface area contributed by atoms with E-state index in [1.54, 1.807) is 25.1 Å². The van der Waals surface area contributed by atoms with Crippen LogP contribution < -0.4 is 10.0 Å². The molecule has 3 aromatic rings. The van der Waals surface area contributed by atoms with Crippen molar-refractivity contribution in [2.45, 2.75) is 11.3 Å². The van der Waals surface area contributed by atoms with Gasteiger partial charge in [0.05, 0.1) is 27.4 Å². The van der Waals surface area contributed by atoms with Gasteiger partial charge in [-0.2, -0.15) is 0 Å². The molecule has 26 heavy (non-hydrogen) atoms. The zero-order chi connectivity index (χ0) is 18.6. The van der Waals surface area contributed by atoms with Crippen molar-refractivity contribution in [1.82, 2.24) is 4.98 Å². The van der Waals surface area contributed by atoms with Crippen molar-refractivity contribution in [3.8, 4) is 0 Å². The van der Waals surface area contributed by atoms with Crippen molar-refractivity contribution in [2.75, 3.05) is 21.5 Å². The SMILES string of the molecule is CCS(=O)(=O)Nc1ccc2nc(SCC(=O)Nc3ccccc3)sc2c1. The number of para-hydroxylation sites is 1. The number of hydrogen-bond donors (Lipinski definition) is 2. The van der Waals surface area contributed by atoms with Crippen LogP contribution in [0.25, 0.3) is 10.2 Å². The standard InChI is InChI=1S/C17H17N3O3S3/c1-2-26(22,23)20-13-8-9-14-15(10-13)25-17(19-14)24-11-16(21)18-12-6-4-3-5-7-12/h3-10,20H,2,11H2,1H3,(H,18,21). The lowest BCUT2D eigenvalue weighted by atomic mass is 10.3. The molecule has 2 aromatic carbocycles. The molecule has 0 unspecified atom stereocenters. The molecule has 2 N–H and O–H groups in total. The predicted octanol–water partition coefficient (Wildman–Crippen LogP) is 3.79. The molecule has 0 radical (unpaired) electrons. The van der Waals surface area contributed by atoms with Gasteiger partial charge in [0.1, 0.15) is 0 Å². The smallest absolute Gasteiger partial charge is 0.234 e. The van der Waals surface area contributed by atoms with E-state index >= 15 is 0 Å². The van der Waals surface area contributed by atoms with E-state index in [1.807, 2.05) is 30.3 Å². The zero-order valence-corrected chi connectivity index (χ0v) is 16.4. The Hall–Kier alpha value is -2.10. The van der Waals surface area contributed by atoms with E-state index in [-0.39, 0.29) is 17.4 Å². The molecule has 0 spiro atoms. The van der Waals surface area contributed by atoms with E-state index in [0.29, 0.717) is 5.69 Å². The highest BCUT2D eigenvalue weighted by Gasteiger charge is 2.11. The summed E-state index contributed by atoms with van der Waals surface area (Å²) in [5, 5.41) is 2.83. The fourth-order valence-electron chi connectivity index (χ4n) is 2.13. The predicted molar refractivity (Wildman–Crippen MR) is 108 cm³/mol. The third-order valence-corrected chi connectivity index (χ3v) is 6.87. The number of nitrogens with zero attached hydrogens (tertiary/aromatic N) is 1. The number of carbonyl (C=O) groups is 1. The molecular weight excluding hydrogens is 390 g/mol. The molecule has 3 rings (SSSR count). The lowest BCUT2D eigenvalue weighted by Gasteiger charge is -2.04. The molecule has 0 aliphatic heterocycles.